The molecule has 0 aliphatic heterocycles. The van der Waals surface area contributed by atoms with E-state index in [0.29, 0.717) is 18.4 Å². The van der Waals surface area contributed by atoms with Crippen LogP contribution in [0.1, 0.15) is 32.6 Å². The Balaban J connectivity index is 1.92. The lowest BCUT2D eigenvalue weighted by atomic mass is 10.3. The van der Waals surface area contributed by atoms with Gasteiger partial charge in [0.15, 0.2) is 0 Å². The summed E-state index contributed by atoms with van der Waals surface area (Å²) in [5.74, 6) is 0.357. The Morgan fingerprint density at radius 1 is 1.06 bits per heavy atom. The van der Waals surface area contributed by atoms with E-state index in [1.165, 1.54) is 30.6 Å². The van der Waals surface area contributed by atoms with Gasteiger partial charge in [0, 0.05) is 19.6 Å². The highest BCUT2D eigenvalue weighted by molar-refractivity contribution is 5.80. The molecule has 0 bridgehead atoms. The molecule has 2 saturated carbocycles. The molecule has 2 aliphatic rings. The van der Waals surface area contributed by atoms with E-state index in [1.807, 2.05) is 11.8 Å². The molecule has 0 radical (unpaired) electrons. The maximum atomic E-state index is 12.3. The van der Waals surface area contributed by atoms with Crippen LogP contribution in [-0.4, -0.2) is 53.1 Å². The maximum absolute atomic E-state index is 12.3. The van der Waals surface area contributed by atoms with E-state index in [-0.39, 0.29) is 12.6 Å². The summed E-state index contributed by atoms with van der Waals surface area (Å²) < 4.78 is 0. The Labute approximate surface area is 108 Å². The zero-order valence-electron chi connectivity index (χ0n) is 11.0. The van der Waals surface area contributed by atoms with E-state index in [0.717, 1.165) is 13.1 Å². The second-order valence-electron chi connectivity index (χ2n) is 5.48. The highest BCUT2D eigenvalue weighted by Gasteiger charge is 2.33. The lowest BCUT2D eigenvalue weighted by Crippen LogP contribution is -2.46. The van der Waals surface area contributed by atoms with Crippen molar-refractivity contribution in [2.24, 2.45) is 11.8 Å². The summed E-state index contributed by atoms with van der Waals surface area (Å²) in [7, 11) is 0. The van der Waals surface area contributed by atoms with Gasteiger partial charge in [0.1, 0.15) is 6.54 Å². The molecule has 2 amide bonds. The van der Waals surface area contributed by atoms with Crippen molar-refractivity contribution in [1.82, 2.24) is 9.80 Å². The standard InChI is InChI=1S/C13H22N2O3/c1-2-14(9-12(16)17)13(18)15(7-10-3-4-10)8-11-5-6-11/h10-11H,2-9H2,1H3,(H,16,17). The molecule has 0 aromatic carbocycles. The molecule has 2 fully saturated rings. The largest absolute Gasteiger partial charge is 0.480 e. The minimum Gasteiger partial charge on any atom is -0.480 e. The Morgan fingerprint density at radius 3 is 1.89 bits per heavy atom. The topological polar surface area (TPSA) is 60.9 Å². The van der Waals surface area contributed by atoms with Gasteiger partial charge in [0.2, 0.25) is 0 Å². The van der Waals surface area contributed by atoms with Gasteiger partial charge in [-0.15, -0.1) is 0 Å². The molecule has 102 valence electrons. The molecule has 18 heavy (non-hydrogen) atoms. The first-order valence-electron chi connectivity index (χ1n) is 6.85. The van der Waals surface area contributed by atoms with Crippen molar-refractivity contribution in [1.29, 1.82) is 0 Å². The number of rotatable bonds is 7. The summed E-state index contributed by atoms with van der Waals surface area (Å²) in [6, 6.07) is -0.0984. The highest BCUT2D eigenvalue weighted by atomic mass is 16.4. The smallest absolute Gasteiger partial charge is 0.323 e. The lowest BCUT2D eigenvalue weighted by Gasteiger charge is -2.29. The average molecular weight is 254 g/mol. The van der Waals surface area contributed by atoms with Crippen molar-refractivity contribution in [2.45, 2.75) is 32.6 Å². The summed E-state index contributed by atoms with van der Waals surface area (Å²) in [6.07, 6.45) is 4.83. The molecular weight excluding hydrogens is 232 g/mol. The molecule has 5 nitrogen and oxygen atoms in total. The molecule has 0 saturated heterocycles. The predicted molar refractivity (Wildman–Crippen MR) is 67.3 cm³/mol. The molecule has 5 heteroatoms. The van der Waals surface area contributed by atoms with E-state index >= 15 is 0 Å². The van der Waals surface area contributed by atoms with E-state index in [2.05, 4.69) is 0 Å². The van der Waals surface area contributed by atoms with Crippen LogP contribution in [0.2, 0.25) is 0 Å². The molecule has 0 aromatic rings. The average Bonchev–Trinajstić information content (AvgIpc) is 3.18. The molecule has 1 N–H and O–H groups in total. The highest BCUT2D eigenvalue weighted by Crippen LogP contribution is 2.34. The number of hydrogen-bond acceptors (Lipinski definition) is 2. The fraction of sp³-hybridized carbons (Fsp3) is 0.846. The van der Waals surface area contributed by atoms with Crippen molar-refractivity contribution < 1.29 is 14.7 Å². The maximum Gasteiger partial charge on any atom is 0.323 e. The van der Waals surface area contributed by atoms with Crippen LogP contribution < -0.4 is 0 Å². The van der Waals surface area contributed by atoms with E-state index in [4.69, 9.17) is 5.11 Å². The Kier molecular flexibility index (Phi) is 4.09. The quantitative estimate of drug-likeness (QED) is 0.751. The first-order chi connectivity index (χ1) is 8.60. The van der Waals surface area contributed by atoms with Crippen LogP contribution in [0.3, 0.4) is 0 Å². The van der Waals surface area contributed by atoms with Gasteiger partial charge in [-0.3, -0.25) is 4.79 Å². The molecule has 2 aliphatic carbocycles. The first kappa shape index (κ1) is 13.2. The van der Waals surface area contributed by atoms with Gasteiger partial charge < -0.3 is 14.9 Å². The van der Waals surface area contributed by atoms with Gasteiger partial charge in [-0.05, 0) is 44.4 Å². The van der Waals surface area contributed by atoms with Crippen LogP contribution in [0.15, 0.2) is 0 Å². The number of aliphatic carboxylic acids is 1. The van der Waals surface area contributed by atoms with Gasteiger partial charge in [0.25, 0.3) is 0 Å². The number of carbonyl (C=O) groups excluding carboxylic acids is 1. The minimum atomic E-state index is -0.942. The van der Waals surface area contributed by atoms with E-state index < -0.39 is 5.97 Å². The third kappa shape index (κ3) is 3.89. The number of carbonyl (C=O) groups is 2. The fourth-order valence-corrected chi connectivity index (χ4v) is 2.13. The number of carboxylic acid groups (broad SMARTS) is 1. The second kappa shape index (κ2) is 5.59. The number of carboxylic acids is 1. The zero-order valence-corrected chi connectivity index (χ0v) is 11.0. The van der Waals surface area contributed by atoms with Gasteiger partial charge in [-0.1, -0.05) is 0 Å². The van der Waals surface area contributed by atoms with Gasteiger partial charge >= 0.3 is 12.0 Å². The summed E-state index contributed by atoms with van der Waals surface area (Å²) in [6.45, 7) is 3.71. The first-order valence-corrected chi connectivity index (χ1v) is 6.85. The molecule has 0 heterocycles. The summed E-state index contributed by atoms with van der Waals surface area (Å²) in [4.78, 5) is 26.4. The van der Waals surface area contributed by atoms with Crippen LogP contribution in [0.4, 0.5) is 4.79 Å². The Morgan fingerprint density at radius 2 is 1.56 bits per heavy atom. The van der Waals surface area contributed by atoms with E-state index in [9.17, 15) is 9.59 Å². The Hall–Kier alpha value is -1.26. The monoisotopic (exact) mass is 254 g/mol. The lowest BCUT2D eigenvalue weighted by molar-refractivity contribution is -0.137. The van der Waals surface area contributed by atoms with Crippen molar-refractivity contribution >= 4 is 12.0 Å². The Bertz CT molecular complexity index is 310. The van der Waals surface area contributed by atoms with Gasteiger partial charge in [-0.25, -0.2) is 4.79 Å². The van der Waals surface area contributed by atoms with Gasteiger partial charge in [-0.2, -0.15) is 0 Å². The van der Waals surface area contributed by atoms with Crippen molar-refractivity contribution in [2.75, 3.05) is 26.2 Å². The zero-order chi connectivity index (χ0) is 13.1. The van der Waals surface area contributed by atoms with Gasteiger partial charge in [0.05, 0.1) is 0 Å². The van der Waals surface area contributed by atoms with Crippen LogP contribution in [-0.2, 0) is 4.79 Å². The number of nitrogens with zero attached hydrogens (tertiary/aromatic N) is 2. The van der Waals surface area contributed by atoms with Crippen LogP contribution >= 0.6 is 0 Å². The second-order valence-corrected chi connectivity index (χ2v) is 5.48. The molecule has 2 rings (SSSR count). The molecule has 0 spiro atoms. The fourth-order valence-electron chi connectivity index (χ4n) is 2.13. The molecule has 0 unspecified atom stereocenters. The number of amides is 2. The van der Waals surface area contributed by atoms with Crippen molar-refractivity contribution in [3.05, 3.63) is 0 Å². The number of urea groups is 1. The molecular formula is C13H22N2O3. The third-order valence-corrected chi connectivity index (χ3v) is 3.60. The summed E-state index contributed by atoms with van der Waals surface area (Å²) in [5, 5.41) is 8.82. The number of hydrogen-bond donors (Lipinski definition) is 1. The normalized spacial score (nSPS) is 18.5. The third-order valence-electron chi connectivity index (χ3n) is 3.60. The van der Waals surface area contributed by atoms with E-state index in [1.54, 1.807) is 0 Å². The summed E-state index contributed by atoms with van der Waals surface area (Å²) >= 11 is 0. The van der Waals surface area contributed by atoms with Crippen molar-refractivity contribution in [3.8, 4) is 0 Å². The molecule has 0 aromatic heterocycles. The molecule has 0 atom stereocenters. The number of likely N-dealkylation sites (N-methyl/N-ethyl adjacent to an activating group) is 1. The summed E-state index contributed by atoms with van der Waals surface area (Å²) in [5.41, 5.74) is 0. The predicted octanol–water partition coefficient (Wildman–Crippen LogP) is 1.63. The van der Waals surface area contributed by atoms with Crippen LogP contribution in [0.25, 0.3) is 0 Å². The minimum absolute atomic E-state index is 0.0984. The van der Waals surface area contributed by atoms with Crippen molar-refractivity contribution in [3.63, 3.8) is 0 Å². The van der Waals surface area contributed by atoms with Crippen LogP contribution in [0, 0.1) is 11.8 Å². The SMILES string of the molecule is CCN(CC(=O)O)C(=O)N(CC1CC1)CC1CC1. The van der Waals surface area contributed by atoms with Crippen LogP contribution in [0.5, 0.6) is 0 Å².